The average molecular weight is 329 g/mol. The van der Waals surface area contributed by atoms with Crippen LogP contribution >= 0.6 is 15.9 Å². The standard InChI is InChI=1S/C12H17BrN4O2/c1-4-8-12(13)9(16(3)14-8)5-17-7-10(18)15(2)6-11(17)19/h4-7H2,1-3H3. The van der Waals surface area contributed by atoms with E-state index < -0.39 is 0 Å². The van der Waals surface area contributed by atoms with Crippen molar-refractivity contribution < 1.29 is 9.59 Å². The summed E-state index contributed by atoms with van der Waals surface area (Å²) in [5, 5.41) is 4.39. The predicted octanol–water partition coefficient (Wildman–Crippen LogP) is 0.546. The number of rotatable bonds is 3. The molecule has 0 aromatic carbocycles. The SMILES string of the molecule is CCc1nn(C)c(CN2CC(=O)N(C)CC2=O)c1Br. The van der Waals surface area contributed by atoms with Gasteiger partial charge in [-0.05, 0) is 22.4 Å². The first kappa shape index (κ1) is 14.0. The molecule has 1 aliphatic rings. The number of carbonyl (C=O) groups is 2. The van der Waals surface area contributed by atoms with Crippen molar-refractivity contribution in [2.24, 2.45) is 7.05 Å². The summed E-state index contributed by atoms with van der Waals surface area (Å²) in [5.41, 5.74) is 1.88. The van der Waals surface area contributed by atoms with E-state index in [1.54, 1.807) is 16.6 Å². The normalized spacial score (nSPS) is 16.4. The van der Waals surface area contributed by atoms with E-state index in [1.165, 1.54) is 4.90 Å². The Hall–Kier alpha value is -1.37. The van der Waals surface area contributed by atoms with Crippen LogP contribution < -0.4 is 0 Å². The molecule has 6 nitrogen and oxygen atoms in total. The van der Waals surface area contributed by atoms with Gasteiger partial charge in [0.2, 0.25) is 11.8 Å². The molecular weight excluding hydrogens is 312 g/mol. The van der Waals surface area contributed by atoms with Gasteiger partial charge < -0.3 is 9.80 Å². The molecule has 1 aromatic rings. The number of carbonyl (C=O) groups excluding carboxylic acids is 2. The second-order valence-electron chi connectivity index (χ2n) is 4.68. The van der Waals surface area contributed by atoms with Gasteiger partial charge in [-0.25, -0.2) is 0 Å². The number of likely N-dealkylation sites (N-methyl/N-ethyl adjacent to an activating group) is 1. The van der Waals surface area contributed by atoms with Crippen LogP contribution in [-0.4, -0.2) is 51.5 Å². The van der Waals surface area contributed by atoms with Crippen LogP contribution in [0.25, 0.3) is 0 Å². The third-order valence-corrected chi connectivity index (χ3v) is 4.24. The highest BCUT2D eigenvalue weighted by atomic mass is 79.9. The van der Waals surface area contributed by atoms with Crippen molar-refractivity contribution in [2.75, 3.05) is 20.1 Å². The maximum absolute atomic E-state index is 11.9. The van der Waals surface area contributed by atoms with Gasteiger partial charge in [-0.1, -0.05) is 6.92 Å². The molecule has 19 heavy (non-hydrogen) atoms. The van der Waals surface area contributed by atoms with Crippen LogP contribution in [0.15, 0.2) is 4.47 Å². The summed E-state index contributed by atoms with van der Waals surface area (Å²) < 4.78 is 2.69. The van der Waals surface area contributed by atoms with Gasteiger partial charge >= 0.3 is 0 Å². The van der Waals surface area contributed by atoms with Gasteiger partial charge in [0.25, 0.3) is 0 Å². The zero-order valence-electron chi connectivity index (χ0n) is 11.3. The highest BCUT2D eigenvalue weighted by Gasteiger charge is 2.29. The fourth-order valence-electron chi connectivity index (χ4n) is 2.08. The number of hydrogen-bond acceptors (Lipinski definition) is 3. The molecule has 0 radical (unpaired) electrons. The maximum Gasteiger partial charge on any atom is 0.243 e. The topological polar surface area (TPSA) is 58.4 Å². The lowest BCUT2D eigenvalue weighted by molar-refractivity contribution is -0.149. The summed E-state index contributed by atoms with van der Waals surface area (Å²) in [7, 11) is 3.49. The van der Waals surface area contributed by atoms with Crippen LogP contribution in [0.1, 0.15) is 18.3 Å². The lowest BCUT2D eigenvalue weighted by Gasteiger charge is -2.31. The van der Waals surface area contributed by atoms with Crippen molar-refractivity contribution in [3.05, 3.63) is 15.9 Å². The summed E-state index contributed by atoms with van der Waals surface area (Å²) in [6.07, 6.45) is 0.823. The first-order valence-corrected chi connectivity index (χ1v) is 6.95. The smallest absolute Gasteiger partial charge is 0.243 e. The van der Waals surface area contributed by atoms with Gasteiger partial charge in [0, 0.05) is 14.1 Å². The first-order valence-electron chi connectivity index (χ1n) is 6.16. The van der Waals surface area contributed by atoms with Crippen molar-refractivity contribution in [2.45, 2.75) is 19.9 Å². The molecule has 0 spiro atoms. The minimum atomic E-state index is -0.0340. The number of halogens is 1. The molecule has 1 fully saturated rings. The van der Waals surface area contributed by atoms with Crippen molar-refractivity contribution in [1.29, 1.82) is 0 Å². The van der Waals surface area contributed by atoms with Crippen LogP contribution in [0.2, 0.25) is 0 Å². The predicted molar refractivity (Wildman–Crippen MR) is 73.3 cm³/mol. The molecular formula is C12H17BrN4O2. The Morgan fingerprint density at radius 2 is 1.89 bits per heavy atom. The molecule has 0 N–H and O–H groups in total. The van der Waals surface area contributed by atoms with Crippen molar-refractivity contribution in [3.8, 4) is 0 Å². The first-order chi connectivity index (χ1) is 8.93. The largest absolute Gasteiger partial charge is 0.335 e. The number of aromatic nitrogens is 2. The number of nitrogens with zero attached hydrogens (tertiary/aromatic N) is 4. The van der Waals surface area contributed by atoms with Gasteiger partial charge in [-0.3, -0.25) is 14.3 Å². The summed E-state index contributed by atoms with van der Waals surface area (Å²) in [6, 6.07) is 0. The molecule has 0 unspecified atom stereocenters. The Morgan fingerprint density at radius 3 is 2.47 bits per heavy atom. The second-order valence-corrected chi connectivity index (χ2v) is 5.48. The third kappa shape index (κ3) is 2.65. The van der Waals surface area contributed by atoms with Crippen LogP contribution in [0.4, 0.5) is 0 Å². The van der Waals surface area contributed by atoms with Gasteiger partial charge in [-0.15, -0.1) is 0 Å². The second kappa shape index (κ2) is 5.32. The zero-order chi connectivity index (χ0) is 14.2. The number of piperazine rings is 1. The summed E-state index contributed by atoms with van der Waals surface area (Å²) in [4.78, 5) is 26.6. The minimum Gasteiger partial charge on any atom is -0.335 e. The van der Waals surface area contributed by atoms with E-state index >= 15 is 0 Å². The Kier molecular flexibility index (Phi) is 3.93. The molecule has 2 rings (SSSR count). The molecule has 2 amide bonds. The lowest BCUT2D eigenvalue weighted by Crippen LogP contribution is -2.51. The van der Waals surface area contributed by atoms with Gasteiger partial charge in [0.05, 0.1) is 29.0 Å². The Morgan fingerprint density at radius 1 is 1.21 bits per heavy atom. The molecule has 104 valence electrons. The molecule has 0 atom stereocenters. The van der Waals surface area contributed by atoms with Crippen molar-refractivity contribution >= 4 is 27.7 Å². The Bertz CT molecular complexity index is 526. The maximum atomic E-state index is 11.9. The van der Waals surface area contributed by atoms with E-state index in [4.69, 9.17) is 0 Å². The molecule has 7 heteroatoms. The highest BCUT2D eigenvalue weighted by Crippen LogP contribution is 2.23. The fourth-order valence-corrected chi connectivity index (χ4v) is 2.82. The number of aryl methyl sites for hydroxylation is 2. The molecule has 0 saturated carbocycles. The molecule has 0 aliphatic carbocycles. The monoisotopic (exact) mass is 328 g/mol. The van der Waals surface area contributed by atoms with E-state index in [-0.39, 0.29) is 24.9 Å². The van der Waals surface area contributed by atoms with E-state index in [0.29, 0.717) is 6.54 Å². The number of hydrogen-bond donors (Lipinski definition) is 0. The van der Waals surface area contributed by atoms with E-state index in [0.717, 1.165) is 22.3 Å². The summed E-state index contributed by atoms with van der Waals surface area (Å²) in [6.45, 7) is 2.72. The third-order valence-electron chi connectivity index (χ3n) is 3.32. The van der Waals surface area contributed by atoms with Gasteiger partial charge in [0.15, 0.2) is 0 Å². The Balaban J connectivity index is 2.19. The van der Waals surface area contributed by atoms with Gasteiger partial charge in [0.1, 0.15) is 6.54 Å². The number of amides is 2. The van der Waals surface area contributed by atoms with Crippen LogP contribution in [0.5, 0.6) is 0 Å². The van der Waals surface area contributed by atoms with Crippen molar-refractivity contribution in [3.63, 3.8) is 0 Å². The fraction of sp³-hybridized carbons (Fsp3) is 0.583. The van der Waals surface area contributed by atoms with Gasteiger partial charge in [-0.2, -0.15) is 5.10 Å². The highest BCUT2D eigenvalue weighted by molar-refractivity contribution is 9.10. The molecule has 2 heterocycles. The lowest BCUT2D eigenvalue weighted by atomic mass is 10.2. The van der Waals surface area contributed by atoms with E-state index in [1.807, 2.05) is 14.0 Å². The van der Waals surface area contributed by atoms with Crippen molar-refractivity contribution in [1.82, 2.24) is 19.6 Å². The molecule has 0 bridgehead atoms. The van der Waals surface area contributed by atoms with Crippen LogP contribution in [-0.2, 0) is 29.6 Å². The van der Waals surface area contributed by atoms with E-state index in [9.17, 15) is 9.59 Å². The zero-order valence-corrected chi connectivity index (χ0v) is 12.9. The Labute approximate surface area is 120 Å². The van der Waals surface area contributed by atoms with E-state index in [2.05, 4.69) is 21.0 Å². The van der Waals surface area contributed by atoms with Crippen LogP contribution in [0, 0.1) is 0 Å². The average Bonchev–Trinajstić information content (AvgIpc) is 2.63. The summed E-state index contributed by atoms with van der Waals surface area (Å²) in [5.74, 6) is -0.0677. The molecule has 1 saturated heterocycles. The van der Waals surface area contributed by atoms with Crippen LogP contribution in [0.3, 0.4) is 0 Å². The molecule has 1 aromatic heterocycles. The minimum absolute atomic E-state index is 0.0337. The summed E-state index contributed by atoms with van der Waals surface area (Å²) >= 11 is 3.52. The quantitative estimate of drug-likeness (QED) is 0.814. The molecule has 1 aliphatic heterocycles.